The van der Waals surface area contributed by atoms with Crippen LogP contribution in [0.15, 0.2) is 18.5 Å². The topological polar surface area (TPSA) is 33.2 Å². The van der Waals surface area contributed by atoms with E-state index >= 15 is 0 Å². The minimum atomic E-state index is 0.263. The molecule has 2 rings (SSSR count). The average molecular weight is 253 g/mol. The molecule has 0 amide bonds. The molecule has 0 N–H and O–H groups in total. The molecule has 0 atom stereocenters. The minimum Gasteiger partial charge on any atom is -0.300 e. The van der Waals surface area contributed by atoms with Crippen molar-refractivity contribution in [3.63, 3.8) is 0 Å². The summed E-state index contributed by atoms with van der Waals surface area (Å²) in [6.45, 7) is 4.50. The highest BCUT2D eigenvalue weighted by atomic mass is 35.5. The zero-order chi connectivity index (χ0) is 12.3. The Morgan fingerprint density at radius 1 is 1.53 bits per heavy atom. The molecule has 3 nitrogen and oxygen atoms in total. The van der Waals surface area contributed by atoms with Gasteiger partial charge in [-0.2, -0.15) is 0 Å². The number of hydrogen-bond acceptors (Lipinski definition) is 3. The van der Waals surface area contributed by atoms with Crippen LogP contribution in [0.25, 0.3) is 0 Å². The molecule has 17 heavy (non-hydrogen) atoms. The first kappa shape index (κ1) is 12.5. The predicted molar refractivity (Wildman–Crippen MR) is 67.9 cm³/mol. The third-order valence-electron chi connectivity index (χ3n) is 3.41. The number of carbonyl (C=O) groups excluding carboxylic acids is 1. The number of aromatic nitrogens is 1. The number of ketones is 1. The lowest BCUT2D eigenvalue weighted by molar-refractivity contribution is -0.122. The van der Waals surface area contributed by atoms with Crippen LogP contribution in [0.1, 0.15) is 25.3 Å². The molecule has 0 aromatic carbocycles. The van der Waals surface area contributed by atoms with Gasteiger partial charge in [0.2, 0.25) is 0 Å². The molecular formula is C13H17ClN2O. The van der Waals surface area contributed by atoms with E-state index in [4.69, 9.17) is 11.6 Å². The predicted octanol–water partition coefficient (Wildman–Crippen LogP) is 2.54. The quantitative estimate of drug-likeness (QED) is 0.829. The Balaban J connectivity index is 1.90. The first-order chi connectivity index (χ1) is 8.16. The second kappa shape index (κ2) is 5.61. The molecule has 0 radical (unpaired) electrons. The van der Waals surface area contributed by atoms with E-state index in [0.29, 0.717) is 5.78 Å². The van der Waals surface area contributed by atoms with Gasteiger partial charge in [-0.15, -0.1) is 0 Å². The summed E-state index contributed by atoms with van der Waals surface area (Å²) in [6.07, 6.45) is 5.39. The van der Waals surface area contributed by atoms with Crippen LogP contribution in [0, 0.1) is 5.92 Å². The number of hydrogen-bond donors (Lipinski definition) is 0. The number of piperidine rings is 1. The van der Waals surface area contributed by atoms with Crippen molar-refractivity contribution in [2.45, 2.75) is 26.3 Å². The Hall–Kier alpha value is -0.930. The van der Waals surface area contributed by atoms with Crippen molar-refractivity contribution in [2.75, 3.05) is 13.1 Å². The maximum Gasteiger partial charge on any atom is 0.133 e. The first-order valence-corrected chi connectivity index (χ1v) is 6.36. The van der Waals surface area contributed by atoms with Gasteiger partial charge >= 0.3 is 0 Å². The molecular weight excluding hydrogens is 236 g/mol. The molecule has 1 saturated heterocycles. The Kier molecular flexibility index (Phi) is 4.13. The van der Waals surface area contributed by atoms with Gasteiger partial charge in [0.25, 0.3) is 0 Å². The van der Waals surface area contributed by atoms with E-state index in [2.05, 4.69) is 9.88 Å². The zero-order valence-corrected chi connectivity index (χ0v) is 10.8. The molecule has 1 aromatic rings. The lowest BCUT2D eigenvalue weighted by Crippen LogP contribution is -2.35. The lowest BCUT2D eigenvalue weighted by Gasteiger charge is -2.30. The second-order valence-corrected chi connectivity index (χ2v) is 5.04. The summed E-state index contributed by atoms with van der Waals surface area (Å²) in [7, 11) is 0. The smallest absolute Gasteiger partial charge is 0.133 e. The highest BCUT2D eigenvalue weighted by Crippen LogP contribution is 2.22. The highest BCUT2D eigenvalue weighted by Gasteiger charge is 2.22. The van der Waals surface area contributed by atoms with Gasteiger partial charge < -0.3 is 0 Å². The number of halogens is 1. The van der Waals surface area contributed by atoms with Gasteiger partial charge in [-0.1, -0.05) is 11.6 Å². The van der Waals surface area contributed by atoms with Gasteiger partial charge in [-0.25, -0.2) is 0 Å². The molecule has 0 unspecified atom stereocenters. The van der Waals surface area contributed by atoms with E-state index in [1.807, 2.05) is 6.07 Å². The van der Waals surface area contributed by atoms with E-state index in [0.717, 1.165) is 43.1 Å². The number of rotatable bonds is 3. The van der Waals surface area contributed by atoms with Gasteiger partial charge in [-0.05, 0) is 44.5 Å². The standard InChI is InChI=1S/C13H17ClN2O/c1-10(17)11-3-6-16(7-4-11)9-12-2-5-15-8-13(12)14/h2,5,8,11H,3-4,6-7,9H2,1H3. The van der Waals surface area contributed by atoms with Crippen LogP contribution in [0.4, 0.5) is 0 Å². The van der Waals surface area contributed by atoms with E-state index in [-0.39, 0.29) is 5.92 Å². The number of carbonyl (C=O) groups is 1. The molecule has 4 heteroatoms. The fourth-order valence-corrected chi connectivity index (χ4v) is 2.45. The SMILES string of the molecule is CC(=O)C1CCN(Cc2ccncc2Cl)CC1. The Morgan fingerprint density at radius 2 is 2.24 bits per heavy atom. The normalized spacial score (nSPS) is 18.2. The van der Waals surface area contributed by atoms with Crippen LogP contribution in [0.3, 0.4) is 0 Å². The fourth-order valence-electron chi connectivity index (χ4n) is 2.27. The average Bonchev–Trinajstić information content (AvgIpc) is 2.33. The Morgan fingerprint density at radius 3 is 2.82 bits per heavy atom. The first-order valence-electron chi connectivity index (χ1n) is 5.98. The van der Waals surface area contributed by atoms with Gasteiger partial charge in [0, 0.05) is 24.9 Å². The molecule has 0 aliphatic carbocycles. The van der Waals surface area contributed by atoms with Gasteiger partial charge in [0.15, 0.2) is 0 Å². The van der Waals surface area contributed by atoms with Crippen molar-refractivity contribution >= 4 is 17.4 Å². The minimum absolute atomic E-state index is 0.263. The van der Waals surface area contributed by atoms with Crippen molar-refractivity contribution in [3.05, 3.63) is 29.0 Å². The third-order valence-corrected chi connectivity index (χ3v) is 3.75. The monoisotopic (exact) mass is 252 g/mol. The van der Waals surface area contributed by atoms with Crippen LogP contribution in [-0.2, 0) is 11.3 Å². The summed E-state index contributed by atoms with van der Waals surface area (Å²) in [6, 6.07) is 1.96. The molecule has 0 saturated carbocycles. The Labute approximate surface area is 107 Å². The van der Waals surface area contributed by atoms with E-state index in [9.17, 15) is 4.79 Å². The molecule has 1 aromatic heterocycles. The van der Waals surface area contributed by atoms with Crippen LogP contribution < -0.4 is 0 Å². The van der Waals surface area contributed by atoms with Crippen molar-refractivity contribution in [3.8, 4) is 0 Å². The number of nitrogens with zero attached hydrogens (tertiary/aromatic N) is 2. The summed E-state index contributed by atoms with van der Waals surface area (Å²) in [5.41, 5.74) is 1.11. The van der Waals surface area contributed by atoms with Gasteiger partial charge in [0.1, 0.15) is 5.78 Å². The van der Waals surface area contributed by atoms with Gasteiger partial charge in [0.05, 0.1) is 5.02 Å². The maximum absolute atomic E-state index is 11.3. The summed E-state index contributed by atoms with van der Waals surface area (Å²) in [4.78, 5) is 17.6. The van der Waals surface area contributed by atoms with Crippen molar-refractivity contribution in [2.24, 2.45) is 5.92 Å². The van der Waals surface area contributed by atoms with E-state index in [1.54, 1.807) is 19.3 Å². The molecule has 0 spiro atoms. The number of likely N-dealkylation sites (tertiary alicyclic amines) is 1. The summed E-state index contributed by atoms with van der Waals surface area (Å²) < 4.78 is 0. The van der Waals surface area contributed by atoms with Crippen molar-refractivity contribution < 1.29 is 4.79 Å². The van der Waals surface area contributed by atoms with Crippen LogP contribution >= 0.6 is 11.6 Å². The summed E-state index contributed by atoms with van der Waals surface area (Å²) in [5.74, 6) is 0.589. The third kappa shape index (κ3) is 3.27. The molecule has 1 aliphatic heterocycles. The van der Waals surface area contributed by atoms with E-state index in [1.165, 1.54) is 0 Å². The largest absolute Gasteiger partial charge is 0.300 e. The maximum atomic E-state index is 11.3. The molecule has 1 fully saturated rings. The molecule has 92 valence electrons. The summed E-state index contributed by atoms with van der Waals surface area (Å²) in [5, 5.41) is 0.723. The van der Waals surface area contributed by atoms with Crippen molar-refractivity contribution in [1.82, 2.24) is 9.88 Å². The van der Waals surface area contributed by atoms with Crippen LogP contribution in [0.2, 0.25) is 5.02 Å². The second-order valence-electron chi connectivity index (χ2n) is 4.63. The molecule has 0 bridgehead atoms. The molecule has 1 aliphatic rings. The fraction of sp³-hybridized carbons (Fsp3) is 0.538. The zero-order valence-electron chi connectivity index (χ0n) is 10.0. The van der Waals surface area contributed by atoms with Gasteiger partial charge in [-0.3, -0.25) is 14.7 Å². The Bertz CT molecular complexity index is 400. The van der Waals surface area contributed by atoms with Crippen LogP contribution in [0.5, 0.6) is 0 Å². The lowest BCUT2D eigenvalue weighted by atomic mass is 9.93. The summed E-state index contributed by atoms with van der Waals surface area (Å²) >= 11 is 6.08. The number of Topliss-reactive ketones (excluding diaryl/α,β-unsaturated/α-hetero) is 1. The van der Waals surface area contributed by atoms with Crippen LogP contribution in [-0.4, -0.2) is 28.8 Å². The highest BCUT2D eigenvalue weighted by molar-refractivity contribution is 6.31. The van der Waals surface area contributed by atoms with Crippen molar-refractivity contribution in [1.29, 1.82) is 0 Å². The van der Waals surface area contributed by atoms with E-state index < -0.39 is 0 Å². The molecule has 2 heterocycles. The number of pyridine rings is 1.